The molecule has 0 aliphatic carbocycles. The van der Waals surface area contributed by atoms with Crippen molar-refractivity contribution in [2.45, 2.75) is 26.8 Å². The number of carbonyl (C=O) groups is 2. The zero-order valence-electron chi connectivity index (χ0n) is 19.8. The number of furan rings is 1. The van der Waals surface area contributed by atoms with Gasteiger partial charge in [0.25, 0.3) is 17.5 Å². The summed E-state index contributed by atoms with van der Waals surface area (Å²) in [5, 5.41) is 17.7. The van der Waals surface area contributed by atoms with Gasteiger partial charge in [-0.05, 0) is 48.7 Å². The van der Waals surface area contributed by atoms with Gasteiger partial charge in [0.05, 0.1) is 11.1 Å². The van der Waals surface area contributed by atoms with E-state index in [-0.39, 0.29) is 18.4 Å². The van der Waals surface area contributed by atoms with Crippen molar-refractivity contribution in [3.8, 4) is 22.8 Å². The van der Waals surface area contributed by atoms with Crippen LogP contribution in [-0.2, 0) is 4.79 Å². The minimum absolute atomic E-state index is 0.0444. The second-order valence-corrected chi connectivity index (χ2v) is 8.46. The number of hydrogen-bond donors (Lipinski definition) is 2. The lowest BCUT2D eigenvalue weighted by Gasteiger charge is -2.20. The fourth-order valence-electron chi connectivity index (χ4n) is 3.58. The zero-order chi connectivity index (χ0) is 25.8. The number of amides is 2. The first-order valence-corrected chi connectivity index (χ1v) is 11.1. The molecule has 0 unspecified atom stereocenters. The summed E-state index contributed by atoms with van der Waals surface area (Å²) in [5.41, 5.74) is 4.10. The molecular formula is C25H24N4O7. The zero-order valence-corrected chi connectivity index (χ0v) is 19.8. The second-order valence-electron chi connectivity index (χ2n) is 8.46. The van der Waals surface area contributed by atoms with Gasteiger partial charge in [0.2, 0.25) is 6.79 Å². The molecule has 3 aromatic rings. The number of non-ortho nitro benzene ring substituents is 1. The third-order valence-electron chi connectivity index (χ3n) is 5.56. The van der Waals surface area contributed by atoms with Crippen molar-refractivity contribution in [3.63, 3.8) is 0 Å². The van der Waals surface area contributed by atoms with Gasteiger partial charge in [-0.2, -0.15) is 5.10 Å². The quantitative estimate of drug-likeness (QED) is 0.276. The number of aryl methyl sites for hydroxylation is 1. The molecule has 1 aliphatic rings. The average molecular weight is 492 g/mol. The lowest BCUT2D eigenvalue weighted by Crippen LogP contribution is -2.48. The predicted molar refractivity (Wildman–Crippen MR) is 130 cm³/mol. The maximum Gasteiger partial charge on any atom is 0.270 e. The molecule has 0 spiro atoms. The van der Waals surface area contributed by atoms with Crippen molar-refractivity contribution in [3.05, 3.63) is 75.5 Å². The average Bonchev–Trinajstić information content (AvgIpc) is 3.51. The number of hydrazone groups is 1. The van der Waals surface area contributed by atoms with Crippen LogP contribution in [0.15, 0.2) is 58.0 Å². The van der Waals surface area contributed by atoms with Crippen LogP contribution in [0.25, 0.3) is 11.3 Å². The van der Waals surface area contributed by atoms with Gasteiger partial charge in [-0.3, -0.25) is 19.7 Å². The monoisotopic (exact) mass is 492 g/mol. The van der Waals surface area contributed by atoms with Crippen molar-refractivity contribution >= 4 is 23.7 Å². The third-order valence-corrected chi connectivity index (χ3v) is 5.56. The molecule has 0 saturated carbocycles. The van der Waals surface area contributed by atoms with Gasteiger partial charge in [-0.1, -0.05) is 19.9 Å². The summed E-state index contributed by atoms with van der Waals surface area (Å²) >= 11 is 0. The van der Waals surface area contributed by atoms with Crippen LogP contribution < -0.4 is 20.2 Å². The summed E-state index contributed by atoms with van der Waals surface area (Å²) < 4.78 is 16.3. The highest BCUT2D eigenvalue weighted by molar-refractivity contribution is 5.98. The van der Waals surface area contributed by atoms with Crippen molar-refractivity contribution < 1.29 is 28.4 Å². The van der Waals surface area contributed by atoms with Gasteiger partial charge in [0, 0.05) is 23.3 Å². The van der Waals surface area contributed by atoms with Crippen LogP contribution in [0.1, 0.15) is 35.5 Å². The Morgan fingerprint density at radius 1 is 1.08 bits per heavy atom. The predicted octanol–water partition coefficient (Wildman–Crippen LogP) is 3.80. The van der Waals surface area contributed by atoms with Crippen molar-refractivity contribution in [1.82, 2.24) is 10.7 Å². The van der Waals surface area contributed by atoms with Gasteiger partial charge >= 0.3 is 0 Å². The number of benzene rings is 2. The fourth-order valence-corrected chi connectivity index (χ4v) is 3.58. The molecule has 0 radical (unpaired) electrons. The lowest BCUT2D eigenvalue weighted by atomic mass is 10.0. The van der Waals surface area contributed by atoms with Crippen molar-refractivity contribution in [1.29, 1.82) is 0 Å². The number of carbonyl (C=O) groups excluding carboxylic acids is 2. The number of nitrogens with one attached hydrogen (secondary N) is 2. The van der Waals surface area contributed by atoms with Crippen LogP contribution in [0.5, 0.6) is 11.5 Å². The number of nitro benzene ring substituents is 1. The first-order valence-electron chi connectivity index (χ1n) is 11.1. The Hall–Kier alpha value is -4.67. The smallest absolute Gasteiger partial charge is 0.270 e. The molecule has 11 nitrogen and oxygen atoms in total. The number of fused-ring (bicyclic) bond motifs is 1. The second kappa shape index (κ2) is 10.3. The van der Waals surface area contributed by atoms with Crippen LogP contribution in [0, 0.1) is 23.0 Å². The minimum atomic E-state index is -0.847. The van der Waals surface area contributed by atoms with Gasteiger partial charge in [-0.15, -0.1) is 0 Å². The fraction of sp³-hybridized carbons (Fsp3) is 0.240. The van der Waals surface area contributed by atoms with E-state index in [1.54, 1.807) is 50.2 Å². The minimum Gasteiger partial charge on any atom is -0.455 e. The van der Waals surface area contributed by atoms with Crippen LogP contribution in [0.2, 0.25) is 0 Å². The summed E-state index contributed by atoms with van der Waals surface area (Å²) in [4.78, 5) is 36.0. The van der Waals surface area contributed by atoms with Crippen LogP contribution in [0.4, 0.5) is 5.69 Å². The largest absolute Gasteiger partial charge is 0.455 e. The van der Waals surface area contributed by atoms with E-state index in [1.807, 2.05) is 6.92 Å². The molecule has 0 saturated heterocycles. The third kappa shape index (κ3) is 5.35. The molecule has 0 bridgehead atoms. The van der Waals surface area contributed by atoms with E-state index < -0.39 is 22.8 Å². The van der Waals surface area contributed by atoms with Crippen molar-refractivity contribution in [2.24, 2.45) is 11.0 Å². The summed E-state index contributed by atoms with van der Waals surface area (Å²) in [7, 11) is 0. The molecule has 2 heterocycles. The number of ether oxygens (including phenoxy) is 2. The molecule has 36 heavy (non-hydrogen) atoms. The maximum atomic E-state index is 12.7. The Morgan fingerprint density at radius 3 is 2.61 bits per heavy atom. The number of nitrogens with zero attached hydrogens (tertiary/aromatic N) is 2. The van der Waals surface area contributed by atoms with E-state index >= 15 is 0 Å². The van der Waals surface area contributed by atoms with E-state index in [9.17, 15) is 19.7 Å². The van der Waals surface area contributed by atoms with E-state index in [2.05, 4.69) is 15.8 Å². The highest BCUT2D eigenvalue weighted by atomic mass is 16.7. The molecule has 1 aliphatic heterocycles. The SMILES string of the molecule is Cc1ccc([N+](=O)[O-])cc1-c1ccc(/C=N\NC(=O)[C@H](NC(=O)c2ccc3c(c2)OCO3)C(C)C)o1. The number of rotatable bonds is 8. The van der Waals surface area contributed by atoms with Gasteiger partial charge in [0.15, 0.2) is 11.5 Å². The molecule has 1 atom stereocenters. The van der Waals surface area contributed by atoms with Crippen molar-refractivity contribution in [2.75, 3.05) is 6.79 Å². The Labute approximate surface area is 206 Å². The molecule has 2 amide bonds. The van der Waals surface area contributed by atoms with Crippen LogP contribution in [0.3, 0.4) is 0 Å². The summed E-state index contributed by atoms with van der Waals surface area (Å²) in [6, 6.07) is 11.7. The summed E-state index contributed by atoms with van der Waals surface area (Å²) in [6.45, 7) is 5.51. The van der Waals surface area contributed by atoms with Crippen LogP contribution >= 0.6 is 0 Å². The topological polar surface area (TPSA) is 145 Å². The van der Waals surface area contributed by atoms with Gasteiger partial charge in [0.1, 0.15) is 17.6 Å². The van der Waals surface area contributed by atoms with E-state index in [0.29, 0.717) is 34.1 Å². The molecule has 11 heteroatoms. The lowest BCUT2D eigenvalue weighted by molar-refractivity contribution is -0.384. The molecule has 2 aromatic carbocycles. The Kier molecular flexibility index (Phi) is 7.00. The Bertz CT molecular complexity index is 1350. The molecule has 2 N–H and O–H groups in total. The molecule has 1 aromatic heterocycles. The van der Waals surface area contributed by atoms with E-state index in [1.165, 1.54) is 18.3 Å². The molecular weight excluding hydrogens is 468 g/mol. The number of nitro groups is 1. The number of hydrogen-bond acceptors (Lipinski definition) is 8. The Morgan fingerprint density at radius 2 is 1.86 bits per heavy atom. The Balaban J connectivity index is 1.40. The summed E-state index contributed by atoms with van der Waals surface area (Å²) in [6.07, 6.45) is 1.31. The highest BCUT2D eigenvalue weighted by Crippen LogP contribution is 2.32. The maximum absolute atomic E-state index is 12.7. The highest BCUT2D eigenvalue weighted by Gasteiger charge is 2.25. The van der Waals surface area contributed by atoms with Gasteiger partial charge in [-0.25, -0.2) is 5.43 Å². The first kappa shape index (κ1) is 24.5. The summed E-state index contributed by atoms with van der Waals surface area (Å²) in [5.74, 6) is 0.634. The van der Waals surface area contributed by atoms with E-state index in [0.717, 1.165) is 5.56 Å². The first-order chi connectivity index (χ1) is 17.2. The van der Waals surface area contributed by atoms with Gasteiger partial charge < -0.3 is 19.2 Å². The molecule has 4 rings (SSSR count). The standard InChI is InChI=1S/C25H24N4O7/c1-14(2)23(27-24(30)16-5-8-21-22(10-16)35-13-34-21)25(31)28-26-12-18-7-9-20(36-18)19-11-17(29(32)33)6-4-15(19)3/h4-12,14,23H,13H2,1-3H3,(H,27,30)(H,28,31)/b26-12-/t23-/m1/s1. The molecule has 0 fully saturated rings. The van der Waals surface area contributed by atoms with Crippen LogP contribution in [-0.4, -0.2) is 35.8 Å². The van der Waals surface area contributed by atoms with E-state index in [4.69, 9.17) is 13.9 Å². The molecule has 186 valence electrons. The normalized spacial score (nSPS) is 13.1.